The lowest BCUT2D eigenvalue weighted by atomic mass is 10.2. The largest absolute Gasteiger partial charge is 0.467 e. The van der Waals surface area contributed by atoms with E-state index in [4.69, 9.17) is 4.42 Å². The monoisotopic (exact) mass is 289 g/mol. The summed E-state index contributed by atoms with van der Waals surface area (Å²) in [4.78, 5) is 9.97. The first kappa shape index (κ1) is 13.1. The molecule has 1 unspecified atom stereocenters. The summed E-state index contributed by atoms with van der Waals surface area (Å²) < 4.78 is 5.35. The van der Waals surface area contributed by atoms with Crippen molar-refractivity contribution < 1.29 is 9.52 Å². The van der Waals surface area contributed by atoms with Crippen LogP contribution in [0.5, 0.6) is 0 Å². The molecule has 0 aliphatic heterocycles. The Labute approximate surface area is 120 Å². The van der Waals surface area contributed by atoms with Crippen LogP contribution in [0, 0.1) is 0 Å². The van der Waals surface area contributed by atoms with E-state index < -0.39 is 0 Å². The van der Waals surface area contributed by atoms with Gasteiger partial charge < -0.3 is 14.8 Å². The summed E-state index contributed by atoms with van der Waals surface area (Å²) in [6.45, 7) is 1.96. The quantitative estimate of drug-likeness (QED) is 0.755. The van der Waals surface area contributed by atoms with Crippen molar-refractivity contribution in [1.82, 2.24) is 9.97 Å². The molecule has 0 aliphatic carbocycles. The van der Waals surface area contributed by atoms with E-state index in [1.165, 1.54) is 0 Å². The van der Waals surface area contributed by atoms with Gasteiger partial charge in [-0.3, -0.25) is 0 Å². The summed E-state index contributed by atoms with van der Waals surface area (Å²) in [7, 11) is 0. The first-order valence-electron chi connectivity index (χ1n) is 6.46. The van der Waals surface area contributed by atoms with Crippen LogP contribution in [0.3, 0.4) is 0 Å². The highest BCUT2D eigenvalue weighted by Gasteiger charge is 2.16. The Morgan fingerprint density at radius 2 is 2.30 bits per heavy atom. The number of nitrogens with zero attached hydrogens (tertiary/aromatic N) is 2. The summed E-state index contributed by atoms with van der Waals surface area (Å²) in [5, 5.41) is 15.8. The van der Waals surface area contributed by atoms with Crippen molar-refractivity contribution in [2.75, 3.05) is 11.9 Å². The molecule has 0 bridgehead atoms. The van der Waals surface area contributed by atoms with Crippen molar-refractivity contribution >= 4 is 27.4 Å². The van der Waals surface area contributed by atoms with Crippen LogP contribution < -0.4 is 5.32 Å². The van der Waals surface area contributed by atoms with Crippen LogP contribution in [0.25, 0.3) is 10.2 Å². The second-order valence-electron chi connectivity index (χ2n) is 4.38. The number of fused-ring (bicyclic) bond motifs is 1. The molecular weight excluding hydrogens is 274 g/mol. The Morgan fingerprint density at radius 3 is 3.00 bits per heavy atom. The number of rotatable bonds is 5. The van der Waals surface area contributed by atoms with E-state index in [1.807, 2.05) is 24.4 Å². The van der Waals surface area contributed by atoms with Gasteiger partial charge in [0.1, 0.15) is 28.3 Å². The number of hydrogen-bond acceptors (Lipinski definition) is 6. The average molecular weight is 289 g/mol. The number of aromatic nitrogens is 2. The van der Waals surface area contributed by atoms with Crippen LogP contribution >= 0.6 is 11.3 Å². The van der Waals surface area contributed by atoms with Gasteiger partial charge in [0.2, 0.25) is 0 Å². The molecule has 3 rings (SSSR count). The van der Waals surface area contributed by atoms with Crippen LogP contribution in [0.15, 0.2) is 34.3 Å². The molecule has 104 valence electrons. The van der Waals surface area contributed by atoms with Crippen molar-refractivity contribution in [1.29, 1.82) is 0 Å². The molecule has 0 radical (unpaired) electrons. The van der Waals surface area contributed by atoms with Gasteiger partial charge >= 0.3 is 0 Å². The third kappa shape index (κ3) is 2.39. The van der Waals surface area contributed by atoms with E-state index in [0.717, 1.165) is 28.3 Å². The summed E-state index contributed by atoms with van der Waals surface area (Å²) >= 11 is 1.59. The fourth-order valence-electron chi connectivity index (χ4n) is 2.03. The fourth-order valence-corrected chi connectivity index (χ4v) is 2.81. The number of anilines is 1. The third-order valence-electron chi connectivity index (χ3n) is 3.07. The Hall–Kier alpha value is -1.92. The molecule has 0 fully saturated rings. The first-order valence-corrected chi connectivity index (χ1v) is 7.34. The molecule has 0 saturated carbocycles. The molecule has 1 atom stereocenters. The lowest BCUT2D eigenvalue weighted by molar-refractivity contribution is 0.261. The molecule has 0 aromatic carbocycles. The van der Waals surface area contributed by atoms with Crippen molar-refractivity contribution in [2.24, 2.45) is 0 Å². The fraction of sp³-hybridized carbons (Fsp3) is 0.286. The Kier molecular flexibility index (Phi) is 3.66. The highest BCUT2D eigenvalue weighted by molar-refractivity contribution is 7.16. The smallest absolute Gasteiger partial charge is 0.139 e. The van der Waals surface area contributed by atoms with Crippen LogP contribution in [0.1, 0.15) is 24.6 Å². The second kappa shape index (κ2) is 5.60. The molecule has 3 aromatic rings. The lowest BCUT2D eigenvalue weighted by Gasteiger charge is -2.15. The molecule has 0 spiro atoms. The van der Waals surface area contributed by atoms with E-state index in [0.29, 0.717) is 5.76 Å². The summed E-state index contributed by atoms with van der Waals surface area (Å²) in [6, 6.07) is 5.31. The maximum atomic E-state index is 9.55. The number of aliphatic hydroxyl groups excluding tert-OH is 1. The van der Waals surface area contributed by atoms with Crippen LogP contribution in [0.2, 0.25) is 0 Å². The molecule has 2 N–H and O–H groups in total. The number of aryl methyl sites for hydroxylation is 1. The topological polar surface area (TPSA) is 71.2 Å². The average Bonchev–Trinajstić information content (AvgIpc) is 3.14. The van der Waals surface area contributed by atoms with Crippen LogP contribution in [-0.4, -0.2) is 21.7 Å². The van der Waals surface area contributed by atoms with Gasteiger partial charge in [-0.25, -0.2) is 9.97 Å². The van der Waals surface area contributed by atoms with Crippen LogP contribution in [0.4, 0.5) is 5.82 Å². The summed E-state index contributed by atoms with van der Waals surface area (Å²) in [5.74, 6) is 2.22. The van der Waals surface area contributed by atoms with Gasteiger partial charge in [-0.05, 0) is 23.6 Å². The predicted octanol–water partition coefficient (Wildman–Crippen LogP) is 2.99. The number of furan rings is 1. The summed E-state index contributed by atoms with van der Waals surface area (Å²) in [6.07, 6.45) is 2.37. The molecule has 5 nitrogen and oxygen atoms in total. The van der Waals surface area contributed by atoms with Crippen molar-refractivity contribution in [3.63, 3.8) is 0 Å². The minimum Gasteiger partial charge on any atom is -0.467 e. The van der Waals surface area contributed by atoms with Gasteiger partial charge in [0, 0.05) is 6.42 Å². The number of nitrogens with one attached hydrogen (secondary N) is 1. The highest BCUT2D eigenvalue weighted by Crippen LogP contribution is 2.28. The first-order chi connectivity index (χ1) is 9.81. The minimum atomic E-state index is -0.312. The van der Waals surface area contributed by atoms with Gasteiger partial charge in [-0.1, -0.05) is 6.92 Å². The Morgan fingerprint density at radius 1 is 1.40 bits per heavy atom. The standard InChI is InChI=1S/C14H15N3O2S/c1-2-12-16-13(9-5-7-20-14(9)17-12)15-10(8-18)11-4-3-6-19-11/h3-7,10,18H,2,8H2,1H3,(H,15,16,17). The highest BCUT2D eigenvalue weighted by atomic mass is 32.1. The second-order valence-corrected chi connectivity index (χ2v) is 5.27. The zero-order valence-corrected chi connectivity index (χ0v) is 11.9. The maximum absolute atomic E-state index is 9.55. The van der Waals surface area contributed by atoms with Gasteiger partial charge in [0.15, 0.2) is 0 Å². The maximum Gasteiger partial charge on any atom is 0.139 e. The Balaban J connectivity index is 1.98. The van der Waals surface area contributed by atoms with Gasteiger partial charge in [-0.15, -0.1) is 11.3 Å². The number of aliphatic hydroxyl groups is 1. The molecular formula is C14H15N3O2S. The third-order valence-corrected chi connectivity index (χ3v) is 3.87. The van der Waals surface area contributed by atoms with Gasteiger partial charge in [0.25, 0.3) is 0 Å². The molecule has 3 heterocycles. The Bertz CT molecular complexity index is 694. The van der Waals surface area contributed by atoms with Crippen LogP contribution in [-0.2, 0) is 6.42 Å². The molecule has 3 aromatic heterocycles. The minimum absolute atomic E-state index is 0.0649. The normalized spacial score (nSPS) is 12.7. The summed E-state index contributed by atoms with van der Waals surface area (Å²) in [5.41, 5.74) is 0. The van der Waals surface area contributed by atoms with Crippen molar-refractivity contribution in [3.8, 4) is 0 Å². The zero-order valence-electron chi connectivity index (χ0n) is 11.0. The molecule has 0 saturated heterocycles. The molecule has 20 heavy (non-hydrogen) atoms. The van der Waals surface area contributed by atoms with Crippen molar-refractivity contribution in [2.45, 2.75) is 19.4 Å². The van der Waals surface area contributed by atoms with Gasteiger partial charge in [0.05, 0.1) is 18.3 Å². The van der Waals surface area contributed by atoms with E-state index >= 15 is 0 Å². The predicted molar refractivity (Wildman–Crippen MR) is 79.0 cm³/mol. The molecule has 6 heteroatoms. The SMILES string of the molecule is CCc1nc(NC(CO)c2ccco2)c2ccsc2n1. The van der Waals surface area contributed by atoms with Gasteiger partial charge in [-0.2, -0.15) is 0 Å². The number of hydrogen-bond donors (Lipinski definition) is 2. The van der Waals surface area contributed by atoms with E-state index in [2.05, 4.69) is 15.3 Å². The van der Waals surface area contributed by atoms with E-state index in [9.17, 15) is 5.11 Å². The zero-order chi connectivity index (χ0) is 13.9. The van der Waals surface area contributed by atoms with Crippen molar-refractivity contribution in [3.05, 3.63) is 41.4 Å². The van der Waals surface area contributed by atoms with E-state index in [-0.39, 0.29) is 12.6 Å². The van der Waals surface area contributed by atoms with E-state index in [1.54, 1.807) is 23.7 Å². The lowest BCUT2D eigenvalue weighted by Crippen LogP contribution is -2.15. The number of thiophene rings is 1. The molecule has 0 amide bonds. The molecule has 0 aliphatic rings.